The average molecular weight is 348 g/mol. The Kier molecular flexibility index (Phi) is 5.76. The fourth-order valence-electron chi connectivity index (χ4n) is 2.88. The van der Waals surface area contributed by atoms with Crippen LogP contribution in [0.5, 0.6) is 0 Å². The van der Waals surface area contributed by atoms with Gasteiger partial charge in [0.2, 0.25) is 5.91 Å². The number of rotatable bonds is 6. The fourth-order valence-corrected chi connectivity index (χ4v) is 3.35. The number of aromatic nitrogens is 2. The van der Waals surface area contributed by atoms with Gasteiger partial charge in [-0.1, -0.05) is 12.1 Å². The summed E-state index contributed by atoms with van der Waals surface area (Å²) in [5.74, 6) is 1.78. The molecule has 1 fully saturated rings. The summed E-state index contributed by atoms with van der Waals surface area (Å²) < 4.78 is 5.46. The number of benzene rings is 1. The highest BCUT2D eigenvalue weighted by Gasteiger charge is 2.29. The molecule has 1 amide bonds. The molecule has 6 nitrogen and oxygen atoms in total. The lowest BCUT2D eigenvalue weighted by Gasteiger charge is -2.32. The number of hydrogen-bond acceptors (Lipinski definition) is 5. The summed E-state index contributed by atoms with van der Waals surface area (Å²) in [4.78, 5) is 22.7. The van der Waals surface area contributed by atoms with Gasteiger partial charge in [-0.05, 0) is 37.6 Å². The zero-order valence-corrected chi connectivity index (χ0v) is 14.9. The van der Waals surface area contributed by atoms with Gasteiger partial charge in [0, 0.05) is 6.54 Å². The Morgan fingerprint density at radius 3 is 3.12 bits per heavy atom. The first-order valence-electron chi connectivity index (χ1n) is 8.21. The van der Waals surface area contributed by atoms with Crippen molar-refractivity contribution in [3.05, 3.63) is 30.1 Å². The molecule has 2 atom stereocenters. The molecule has 0 aliphatic carbocycles. The van der Waals surface area contributed by atoms with Gasteiger partial charge in [0.1, 0.15) is 11.9 Å². The van der Waals surface area contributed by atoms with Gasteiger partial charge in [-0.3, -0.25) is 9.69 Å². The minimum atomic E-state index is -0.236. The van der Waals surface area contributed by atoms with E-state index in [1.54, 1.807) is 11.8 Å². The van der Waals surface area contributed by atoms with Gasteiger partial charge in [0.25, 0.3) is 0 Å². The van der Waals surface area contributed by atoms with E-state index in [0.29, 0.717) is 13.2 Å². The van der Waals surface area contributed by atoms with E-state index in [1.807, 2.05) is 36.2 Å². The molecule has 1 aromatic carbocycles. The van der Waals surface area contributed by atoms with E-state index in [4.69, 9.17) is 4.74 Å². The number of carbonyl (C=O) groups is 1. The molecule has 0 unspecified atom stereocenters. The van der Waals surface area contributed by atoms with Crippen LogP contribution in [0.25, 0.3) is 11.0 Å². The number of carbonyl (C=O) groups excluding carboxylic acids is 1. The molecule has 2 aromatic rings. The van der Waals surface area contributed by atoms with Crippen molar-refractivity contribution in [1.82, 2.24) is 20.2 Å². The smallest absolute Gasteiger partial charge is 0.240 e. The SMILES string of the molecule is CSCC[C@H](NC(=O)[C@@H]1COCCN1C)c1nc2ccccc2[nH]1. The molecule has 2 N–H and O–H groups in total. The third-order valence-corrected chi connectivity index (χ3v) is 5.01. The van der Waals surface area contributed by atoms with Crippen LogP contribution in [0.4, 0.5) is 0 Å². The minimum Gasteiger partial charge on any atom is -0.378 e. The van der Waals surface area contributed by atoms with Crippen LogP contribution >= 0.6 is 11.8 Å². The Morgan fingerprint density at radius 1 is 1.54 bits per heavy atom. The number of hydrogen-bond donors (Lipinski definition) is 2. The molecule has 0 spiro atoms. The molecule has 1 aromatic heterocycles. The topological polar surface area (TPSA) is 70.2 Å². The van der Waals surface area contributed by atoms with Crippen molar-refractivity contribution < 1.29 is 9.53 Å². The highest BCUT2D eigenvalue weighted by Crippen LogP contribution is 2.20. The second-order valence-corrected chi connectivity index (χ2v) is 7.04. The van der Waals surface area contributed by atoms with Crippen LogP contribution in [0, 0.1) is 0 Å². The van der Waals surface area contributed by atoms with Crippen LogP contribution in [0.1, 0.15) is 18.3 Å². The van der Waals surface area contributed by atoms with Crippen molar-refractivity contribution in [2.24, 2.45) is 0 Å². The summed E-state index contributed by atoms with van der Waals surface area (Å²) in [7, 11) is 1.96. The number of fused-ring (bicyclic) bond motifs is 1. The monoisotopic (exact) mass is 348 g/mol. The molecule has 7 heteroatoms. The maximum atomic E-state index is 12.7. The Hall–Kier alpha value is -1.57. The third-order valence-electron chi connectivity index (χ3n) is 4.36. The van der Waals surface area contributed by atoms with E-state index in [0.717, 1.165) is 35.6 Å². The lowest BCUT2D eigenvalue weighted by atomic mass is 10.1. The van der Waals surface area contributed by atoms with Crippen LogP contribution in [0.2, 0.25) is 0 Å². The van der Waals surface area contributed by atoms with Crippen LogP contribution in [0.3, 0.4) is 0 Å². The standard InChI is InChI=1S/C17H24N4O2S/c1-21-8-9-23-11-15(21)17(22)20-14(7-10-24-2)16-18-12-5-3-4-6-13(12)19-16/h3-6,14-15H,7-11H2,1-2H3,(H,18,19)(H,20,22)/t14-,15-/m0/s1. The predicted octanol–water partition coefficient (Wildman–Crippen LogP) is 1.80. The quantitative estimate of drug-likeness (QED) is 0.833. The number of para-hydroxylation sites is 2. The molecule has 2 heterocycles. The number of ether oxygens (including phenoxy) is 1. The van der Waals surface area contributed by atoms with Gasteiger partial charge in [-0.2, -0.15) is 11.8 Å². The number of amides is 1. The van der Waals surface area contributed by atoms with Crippen molar-refractivity contribution in [3.8, 4) is 0 Å². The third kappa shape index (κ3) is 3.91. The second kappa shape index (κ2) is 8.00. The summed E-state index contributed by atoms with van der Waals surface area (Å²) in [6, 6.07) is 7.57. The Balaban J connectivity index is 1.76. The van der Waals surface area contributed by atoms with E-state index in [2.05, 4.69) is 21.5 Å². The molecule has 0 radical (unpaired) electrons. The summed E-state index contributed by atoms with van der Waals surface area (Å²) in [5, 5.41) is 3.16. The van der Waals surface area contributed by atoms with E-state index in [9.17, 15) is 4.79 Å². The second-order valence-electron chi connectivity index (χ2n) is 6.05. The Bertz CT molecular complexity index is 657. The van der Waals surface area contributed by atoms with Crippen LogP contribution in [-0.4, -0.2) is 65.6 Å². The molecule has 1 aliphatic heterocycles. The number of nitrogens with one attached hydrogen (secondary N) is 2. The van der Waals surface area contributed by atoms with Gasteiger partial charge in [-0.25, -0.2) is 4.98 Å². The van der Waals surface area contributed by atoms with E-state index in [-0.39, 0.29) is 18.0 Å². The Labute approximate surface area is 146 Å². The lowest BCUT2D eigenvalue weighted by molar-refractivity contribution is -0.132. The summed E-state index contributed by atoms with van der Waals surface area (Å²) in [5.41, 5.74) is 1.92. The lowest BCUT2D eigenvalue weighted by Crippen LogP contribution is -2.52. The first-order valence-corrected chi connectivity index (χ1v) is 9.60. The van der Waals surface area contributed by atoms with Crippen LogP contribution in [-0.2, 0) is 9.53 Å². The number of morpholine rings is 1. The van der Waals surface area contributed by atoms with Gasteiger partial charge in [0.15, 0.2) is 0 Å². The van der Waals surface area contributed by atoms with Crippen molar-refractivity contribution in [3.63, 3.8) is 0 Å². The van der Waals surface area contributed by atoms with Crippen molar-refractivity contribution in [1.29, 1.82) is 0 Å². The fraction of sp³-hybridized carbons (Fsp3) is 0.529. The average Bonchev–Trinajstić information content (AvgIpc) is 3.02. The highest BCUT2D eigenvalue weighted by molar-refractivity contribution is 7.98. The number of thioether (sulfide) groups is 1. The van der Waals surface area contributed by atoms with Crippen molar-refractivity contribution in [2.45, 2.75) is 18.5 Å². The first-order chi connectivity index (χ1) is 11.7. The molecule has 130 valence electrons. The number of aromatic amines is 1. The molecule has 1 aliphatic rings. The number of H-pyrrole nitrogens is 1. The predicted molar refractivity (Wildman–Crippen MR) is 97.2 cm³/mol. The maximum absolute atomic E-state index is 12.7. The molecular formula is C17H24N4O2S. The number of likely N-dealkylation sites (N-methyl/N-ethyl adjacent to an activating group) is 1. The molecule has 24 heavy (non-hydrogen) atoms. The highest BCUT2D eigenvalue weighted by atomic mass is 32.2. The van der Waals surface area contributed by atoms with E-state index in [1.165, 1.54) is 0 Å². The zero-order valence-electron chi connectivity index (χ0n) is 14.1. The van der Waals surface area contributed by atoms with Crippen LogP contribution < -0.4 is 5.32 Å². The number of nitrogens with zero attached hydrogens (tertiary/aromatic N) is 2. The Morgan fingerprint density at radius 2 is 2.38 bits per heavy atom. The maximum Gasteiger partial charge on any atom is 0.240 e. The van der Waals surface area contributed by atoms with Gasteiger partial charge >= 0.3 is 0 Å². The first kappa shape index (κ1) is 17.3. The molecule has 3 rings (SSSR count). The van der Waals surface area contributed by atoms with Gasteiger partial charge in [-0.15, -0.1) is 0 Å². The normalized spacial score (nSPS) is 20.2. The molecule has 1 saturated heterocycles. The van der Waals surface area contributed by atoms with Gasteiger partial charge < -0.3 is 15.0 Å². The summed E-state index contributed by atoms with van der Waals surface area (Å²) >= 11 is 1.77. The van der Waals surface area contributed by atoms with E-state index >= 15 is 0 Å². The largest absolute Gasteiger partial charge is 0.378 e. The minimum absolute atomic E-state index is 0.00348. The van der Waals surface area contributed by atoms with Crippen LogP contribution in [0.15, 0.2) is 24.3 Å². The molecular weight excluding hydrogens is 324 g/mol. The summed E-state index contributed by atoms with van der Waals surface area (Å²) in [6.45, 7) is 1.90. The summed E-state index contributed by atoms with van der Waals surface area (Å²) in [6.07, 6.45) is 2.91. The van der Waals surface area contributed by atoms with Crippen molar-refractivity contribution >= 4 is 28.7 Å². The molecule has 0 bridgehead atoms. The van der Waals surface area contributed by atoms with Crippen molar-refractivity contribution in [2.75, 3.05) is 38.8 Å². The van der Waals surface area contributed by atoms with E-state index < -0.39 is 0 Å². The molecule has 0 saturated carbocycles. The number of imidazole rings is 1. The van der Waals surface area contributed by atoms with Gasteiger partial charge in [0.05, 0.1) is 30.3 Å². The zero-order chi connectivity index (χ0) is 16.9.